The van der Waals surface area contributed by atoms with E-state index in [1.54, 1.807) is 0 Å². The number of nitrogens with one attached hydrogen (secondary N) is 1. The minimum absolute atomic E-state index is 0.264. The standard InChI is InChI=1S/C21H27N3O/c1-15-7-9-16(10-8-15)20-18-11-13-24(14-12-19(18)22-23-20)21(25)17-5-3-2-4-6-17/h7-10,17H,2-6,11-14H2,1H3,(H,22,23). The topological polar surface area (TPSA) is 49.0 Å². The number of hydrogen-bond acceptors (Lipinski definition) is 2. The van der Waals surface area contributed by atoms with Gasteiger partial charge in [0.15, 0.2) is 0 Å². The van der Waals surface area contributed by atoms with Crippen LogP contribution in [0.2, 0.25) is 0 Å². The number of carbonyl (C=O) groups is 1. The minimum Gasteiger partial charge on any atom is -0.342 e. The second kappa shape index (κ2) is 7.03. The van der Waals surface area contributed by atoms with E-state index in [1.165, 1.54) is 36.1 Å². The van der Waals surface area contributed by atoms with Crippen LogP contribution in [0.1, 0.15) is 48.9 Å². The Bertz CT molecular complexity index is 741. The van der Waals surface area contributed by atoms with Crippen LogP contribution in [0.15, 0.2) is 24.3 Å². The Kier molecular flexibility index (Phi) is 4.60. The highest BCUT2D eigenvalue weighted by molar-refractivity contribution is 5.79. The molecule has 4 heteroatoms. The number of benzene rings is 1. The highest BCUT2D eigenvalue weighted by Crippen LogP contribution is 2.29. The van der Waals surface area contributed by atoms with Crippen molar-refractivity contribution in [3.05, 3.63) is 41.1 Å². The van der Waals surface area contributed by atoms with Crippen molar-refractivity contribution < 1.29 is 4.79 Å². The first-order chi connectivity index (χ1) is 12.2. The summed E-state index contributed by atoms with van der Waals surface area (Å²) in [6.07, 6.45) is 7.66. The summed E-state index contributed by atoms with van der Waals surface area (Å²) in [5, 5.41) is 7.80. The SMILES string of the molecule is Cc1ccc(-c2n[nH]c3c2CCN(C(=O)C2CCCCC2)CC3)cc1. The fraction of sp³-hybridized carbons (Fsp3) is 0.524. The zero-order valence-corrected chi connectivity index (χ0v) is 15.1. The van der Waals surface area contributed by atoms with Crippen LogP contribution in [0.3, 0.4) is 0 Å². The summed E-state index contributed by atoms with van der Waals surface area (Å²) in [6, 6.07) is 8.54. The van der Waals surface area contributed by atoms with E-state index >= 15 is 0 Å². The van der Waals surface area contributed by atoms with Crippen LogP contribution in [0.25, 0.3) is 11.3 Å². The summed E-state index contributed by atoms with van der Waals surface area (Å²) in [5.74, 6) is 0.648. The quantitative estimate of drug-likeness (QED) is 0.904. The van der Waals surface area contributed by atoms with Gasteiger partial charge in [0.2, 0.25) is 5.91 Å². The summed E-state index contributed by atoms with van der Waals surface area (Å²) in [6.45, 7) is 3.74. The van der Waals surface area contributed by atoms with Crippen molar-refractivity contribution in [2.45, 2.75) is 51.9 Å². The Balaban J connectivity index is 1.50. The van der Waals surface area contributed by atoms with Gasteiger partial charge in [0.05, 0.1) is 5.69 Å². The van der Waals surface area contributed by atoms with E-state index in [1.807, 2.05) is 0 Å². The van der Waals surface area contributed by atoms with Gasteiger partial charge in [-0.25, -0.2) is 0 Å². The smallest absolute Gasteiger partial charge is 0.225 e. The first-order valence-corrected chi connectivity index (χ1v) is 9.64. The number of nitrogens with zero attached hydrogens (tertiary/aromatic N) is 2. The molecule has 0 saturated heterocycles. The largest absolute Gasteiger partial charge is 0.342 e. The third kappa shape index (κ3) is 3.35. The van der Waals surface area contributed by atoms with Crippen molar-refractivity contribution in [2.24, 2.45) is 5.92 Å². The minimum atomic E-state index is 0.264. The molecular weight excluding hydrogens is 310 g/mol. The summed E-state index contributed by atoms with van der Waals surface area (Å²) in [5.41, 5.74) is 5.98. The Hall–Kier alpha value is -2.10. The van der Waals surface area contributed by atoms with E-state index in [-0.39, 0.29) is 5.92 Å². The lowest BCUT2D eigenvalue weighted by atomic mass is 9.88. The molecule has 1 aromatic carbocycles. The number of aryl methyl sites for hydroxylation is 1. The van der Waals surface area contributed by atoms with E-state index < -0.39 is 0 Å². The molecule has 1 aliphatic carbocycles. The fourth-order valence-corrected chi connectivity index (χ4v) is 4.26. The van der Waals surface area contributed by atoms with Gasteiger partial charge in [0, 0.05) is 42.2 Å². The third-order valence-electron chi connectivity index (χ3n) is 5.81. The van der Waals surface area contributed by atoms with Crippen molar-refractivity contribution in [3.63, 3.8) is 0 Å². The number of fused-ring (bicyclic) bond motifs is 1. The first kappa shape index (κ1) is 16.4. The van der Waals surface area contributed by atoms with Gasteiger partial charge < -0.3 is 4.90 Å². The number of H-pyrrole nitrogens is 1. The molecule has 1 aromatic heterocycles. The molecule has 132 valence electrons. The van der Waals surface area contributed by atoms with Gasteiger partial charge >= 0.3 is 0 Å². The zero-order chi connectivity index (χ0) is 17.2. The Labute approximate surface area is 149 Å². The van der Waals surface area contributed by atoms with Gasteiger partial charge in [0.25, 0.3) is 0 Å². The first-order valence-electron chi connectivity index (χ1n) is 9.64. The number of hydrogen-bond donors (Lipinski definition) is 1. The molecule has 1 N–H and O–H groups in total. The van der Waals surface area contributed by atoms with Crippen LogP contribution >= 0.6 is 0 Å². The number of aromatic nitrogens is 2. The van der Waals surface area contributed by atoms with Crippen molar-refractivity contribution in [1.29, 1.82) is 0 Å². The van der Waals surface area contributed by atoms with Gasteiger partial charge in [0.1, 0.15) is 0 Å². The third-order valence-corrected chi connectivity index (χ3v) is 5.81. The van der Waals surface area contributed by atoms with Crippen LogP contribution in [0.4, 0.5) is 0 Å². The zero-order valence-electron chi connectivity index (χ0n) is 15.1. The van der Waals surface area contributed by atoms with Crippen LogP contribution in [-0.4, -0.2) is 34.1 Å². The fourth-order valence-electron chi connectivity index (χ4n) is 4.26. The Morgan fingerprint density at radius 2 is 1.80 bits per heavy atom. The van der Waals surface area contributed by atoms with Gasteiger partial charge in [-0.2, -0.15) is 5.10 Å². The van der Waals surface area contributed by atoms with E-state index in [0.717, 1.165) is 50.0 Å². The van der Waals surface area contributed by atoms with Gasteiger partial charge in [-0.15, -0.1) is 0 Å². The highest BCUT2D eigenvalue weighted by Gasteiger charge is 2.28. The second-order valence-electron chi connectivity index (χ2n) is 7.56. The van der Waals surface area contributed by atoms with Gasteiger partial charge in [-0.1, -0.05) is 49.1 Å². The average Bonchev–Trinajstić information content (AvgIpc) is 2.94. The van der Waals surface area contributed by atoms with Crippen LogP contribution in [-0.2, 0) is 17.6 Å². The van der Waals surface area contributed by atoms with Gasteiger partial charge in [-0.05, 0) is 26.2 Å². The second-order valence-corrected chi connectivity index (χ2v) is 7.56. The van der Waals surface area contributed by atoms with E-state index in [2.05, 4.69) is 46.3 Å². The number of carbonyl (C=O) groups excluding carboxylic acids is 1. The number of rotatable bonds is 2. The molecule has 1 aliphatic heterocycles. The Morgan fingerprint density at radius 3 is 2.56 bits per heavy atom. The molecule has 25 heavy (non-hydrogen) atoms. The molecule has 2 heterocycles. The van der Waals surface area contributed by atoms with Crippen molar-refractivity contribution in [3.8, 4) is 11.3 Å². The molecule has 0 atom stereocenters. The maximum atomic E-state index is 12.9. The number of amides is 1. The summed E-state index contributed by atoms with van der Waals surface area (Å²) >= 11 is 0. The molecule has 0 radical (unpaired) electrons. The van der Waals surface area contributed by atoms with Crippen molar-refractivity contribution in [1.82, 2.24) is 15.1 Å². The lowest BCUT2D eigenvalue weighted by Gasteiger charge is -2.28. The predicted octanol–water partition coefficient (Wildman–Crippen LogP) is 3.89. The molecule has 4 nitrogen and oxygen atoms in total. The Morgan fingerprint density at radius 1 is 1.08 bits per heavy atom. The molecule has 4 rings (SSSR count). The molecule has 0 unspecified atom stereocenters. The average molecular weight is 337 g/mol. The normalized spacial score (nSPS) is 18.7. The lowest BCUT2D eigenvalue weighted by Crippen LogP contribution is -2.38. The van der Waals surface area contributed by atoms with Gasteiger partial charge in [-0.3, -0.25) is 9.89 Å². The summed E-state index contributed by atoms with van der Waals surface area (Å²) < 4.78 is 0. The predicted molar refractivity (Wildman–Crippen MR) is 99.3 cm³/mol. The summed E-state index contributed by atoms with van der Waals surface area (Å²) in [7, 11) is 0. The molecule has 2 aromatic rings. The van der Waals surface area contributed by atoms with Crippen molar-refractivity contribution in [2.75, 3.05) is 13.1 Å². The summed E-state index contributed by atoms with van der Waals surface area (Å²) in [4.78, 5) is 15.0. The van der Waals surface area contributed by atoms with E-state index in [4.69, 9.17) is 0 Å². The van der Waals surface area contributed by atoms with Crippen molar-refractivity contribution >= 4 is 5.91 Å². The van der Waals surface area contributed by atoms with Crippen LogP contribution in [0.5, 0.6) is 0 Å². The highest BCUT2D eigenvalue weighted by atomic mass is 16.2. The van der Waals surface area contributed by atoms with Crippen LogP contribution in [0, 0.1) is 12.8 Å². The number of aromatic amines is 1. The molecular formula is C21H27N3O. The maximum absolute atomic E-state index is 12.9. The molecule has 0 spiro atoms. The lowest BCUT2D eigenvalue weighted by molar-refractivity contribution is -0.136. The molecule has 0 bridgehead atoms. The maximum Gasteiger partial charge on any atom is 0.225 e. The molecule has 1 fully saturated rings. The van der Waals surface area contributed by atoms with Crippen LogP contribution < -0.4 is 0 Å². The van der Waals surface area contributed by atoms with E-state index in [9.17, 15) is 4.79 Å². The molecule has 1 amide bonds. The molecule has 1 saturated carbocycles. The molecule has 2 aliphatic rings. The van der Waals surface area contributed by atoms with E-state index in [0.29, 0.717) is 5.91 Å². The monoisotopic (exact) mass is 337 g/mol.